The lowest BCUT2D eigenvalue weighted by molar-refractivity contribution is 0.0748. The Bertz CT molecular complexity index is 991. The summed E-state index contributed by atoms with van der Waals surface area (Å²) in [6.07, 6.45) is 3.64. The van der Waals surface area contributed by atoms with E-state index in [9.17, 15) is 4.79 Å². The van der Waals surface area contributed by atoms with E-state index in [1.807, 2.05) is 41.6 Å². The number of anilines is 2. The number of rotatable bonds is 4. The molecular formula is C21H24BrN5O. The zero-order valence-electron chi connectivity index (χ0n) is 16.1. The summed E-state index contributed by atoms with van der Waals surface area (Å²) < 4.78 is 0.971. The normalized spacial score (nSPS) is 14.7. The predicted molar refractivity (Wildman–Crippen MR) is 117 cm³/mol. The third kappa shape index (κ3) is 3.71. The first-order valence-corrected chi connectivity index (χ1v) is 10.3. The number of nitrogens with one attached hydrogen (secondary N) is 2. The van der Waals surface area contributed by atoms with E-state index in [4.69, 9.17) is 0 Å². The highest BCUT2D eigenvalue weighted by Gasteiger charge is 2.25. The summed E-state index contributed by atoms with van der Waals surface area (Å²) in [6, 6.07) is 10.3. The lowest BCUT2D eigenvalue weighted by atomic mass is 10.1. The number of halogens is 1. The molecule has 0 atom stereocenters. The highest BCUT2D eigenvalue weighted by Crippen LogP contribution is 2.27. The fourth-order valence-corrected chi connectivity index (χ4v) is 4.00. The van der Waals surface area contributed by atoms with Gasteiger partial charge < -0.3 is 20.1 Å². The van der Waals surface area contributed by atoms with Crippen LogP contribution in [0.15, 0.2) is 47.2 Å². The molecule has 1 fully saturated rings. The number of benzene rings is 1. The van der Waals surface area contributed by atoms with Crippen molar-refractivity contribution in [3.63, 3.8) is 0 Å². The van der Waals surface area contributed by atoms with Gasteiger partial charge in [-0.05, 0) is 44.2 Å². The van der Waals surface area contributed by atoms with Gasteiger partial charge in [-0.25, -0.2) is 4.98 Å². The first kappa shape index (κ1) is 18.8. The van der Waals surface area contributed by atoms with Crippen molar-refractivity contribution in [1.29, 1.82) is 0 Å². The van der Waals surface area contributed by atoms with Crippen LogP contribution < -0.4 is 10.2 Å². The van der Waals surface area contributed by atoms with Gasteiger partial charge in [-0.1, -0.05) is 15.9 Å². The molecule has 0 unspecified atom stereocenters. The van der Waals surface area contributed by atoms with Crippen molar-refractivity contribution < 1.29 is 4.79 Å². The van der Waals surface area contributed by atoms with E-state index in [1.54, 1.807) is 0 Å². The molecule has 1 aliphatic rings. The molecule has 4 rings (SSSR count). The van der Waals surface area contributed by atoms with Crippen molar-refractivity contribution >= 4 is 44.2 Å². The van der Waals surface area contributed by atoms with Crippen LogP contribution in [0.25, 0.3) is 10.9 Å². The third-order valence-corrected chi connectivity index (χ3v) is 5.46. The number of aromatic amines is 1. The molecular weight excluding hydrogens is 418 g/mol. The summed E-state index contributed by atoms with van der Waals surface area (Å²) in [6.45, 7) is 7.12. The summed E-state index contributed by atoms with van der Waals surface area (Å²) >= 11 is 3.50. The number of piperazine rings is 1. The standard InChI is InChI=1S/C21H24BrN5O/c1-14(2)25-19-4-3-7-23-20(19)26-8-10-27(11-9-26)21(28)17-13-24-18-6-5-15(22)12-16(17)18/h3-7,12-14,24-25H,8-11H2,1-2H3. The predicted octanol–water partition coefficient (Wildman–Crippen LogP) is 4.11. The molecule has 2 N–H and O–H groups in total. The largest absolute Gasteiger partial charge is 0.380 e. The lowest BCUT2D eigenvalue weighted by Gasteiger charge is -2.36. The van der Waals surface area contributed by atoms with Crippen molar-refractivity contribution in [3.05, 3.63) is 52.8 Å². The number of fused-ring (bicyclic) bond motifs is 1. The van der Waals surface area contributed by atoms with Crippen molar-refractivity contribution in [2.24, 2.45) is 0 Å². The third-order valence-electron chi connectivity index (χ3n) is 4.97. The molecule has 0 aliphatic carbocycles. The summed E-state index contributed by atoms with van der Waals surface area (Å²) in [7, 11) is 0. The highest BCUT2D eigenvalue weighted by molar-refractivity contribution is 9.10. The quantitative estimate of drug-likeness (QED) is 0.639. The van der Waals surface area contributed by atoms with E-state index >= 15 is 0 Å². The molecule has 2 aromatic heterocycles. The van der Waals surface area contributed by atoms with Gasteiger partial charge in [0.15, 0.2) is 5.82 Å². The second-order valence-corrected chi connectivity index (χ2v) is 8.26. The van der Waals surface area contributed by atoms with Crippen LogP contribution in [0.2, 0.25) is 0 Å². The molecule has 1 saturated heterocycles. The topological polar surface area (TPSA) is 64.3 Å². The van der Waals surface area contributed by atoms with E-state index in [0.717, 1.165) is 45.5 Å². The summed E-state index contributed by atoms with van der Waals surface area (Å²) in [5.74, 6) is 1.03. The van der Waals surface area contributed by atoms with Crippen LogP contribution in [0.3, 0.4) is 0 Å². The number of amides is 1. The van der Waals surface area contributed by atoms with Gasteiger partial charge >= 0.3 is 0 Å². The van der Waals surface area contributed by atoms with Gasteiger partial charge in [-0.2, -0.15) is 0 Å². The van der Waals surface area contributed by atoms with Crippen molar-refractivity contribution in [2.75, 3.05) is 36.4 Å². The summed E-state index contributed by atoms with van der Waals surface area (Å²) in [5.41, 5.74) is 2.74. The molecule has 0 bridgehead atoms. The number of pyridine rings is 1. The lowest BCUT2D eigenvalue weighted by Crippen LogP contribution is -2.49. The minimum absolute atomic E-state index is 0.0746. The number of carbonyl (C=O) groups is 1. The van der Waals surface area contributed by atoms with Gasteiger partial charge in [0.05, 0.1) is 11.3 Å². The SMILES string of the molecule is CC(C)Nc1cccnc1N1CCN(C(=O)c2c[nH]c3ccc(Br)cc23)CC1. The van der Waals surface area contributed by atoms with Crippen LogP contribution in [0.5, 0.6) is 0 Å². The number of hydrogen-bond donors (Lipinski definition) is 2. The zero-order chi connectivity index (χ0) is 19.7. The minimum Gasteiger partial charge on any atom is -0.380 e. The van der Waals surface area contributed by atoms with Gasteiger partial charge in [0.25, 0.3) is 5.91 Å². The maximum Gasteiger partial charge on any atom is 0.256 e. The van der Waals surface area contributed by atoms with Crippen LogP contribution in [-0.4, -0.2) is 53.0 Å². The number of aromatic nitrogens is 2. The average Bonchev–Trinajstić information content (AvgIpc) is 3.10. The van der Waals surface area contributed by atoms with Crippen LogP contribution in [0.1, 0.15) is 24.2 Å². The molecule has 0 saturated carbocycles. The van der Waals surface area contributed by atoms with E-state index in [2.05, 4.69) is 56.0 Å². The average molecular weight is 442 g/mol. The molecule has 3 heterocycles. The number of carbonyl (C=O) groups excluding carboxylic acids is 1. The molecule has 1 amide bonds. The van der Waals surface area contributed by atoms with E-state index in [-0.39, 0.29) is 5.91 Å². The van der Waals surface area contributed by atoms with Crippen LogP contribution in [-0.2, 0) is 0 Å². The summed E-state index contributed by atoms with van der Waals surface area (Å²) in [4.78, 5) is 25.0. The smallest absolute Gasteiger partial charge is 0.256 e. The number of H-pyrrole nitrogens is 1. The first-order chi connectivity index (χ1) is 13.5. The Morgan fingerprint density at radius 2 is 2.00 bits per heavy atom. The monoisotopic (exact) mass is 441 g/mol. The zero-order valence-corrected chi connectivity index (χ0v) is 17.7. The van der Waals surface area contributed by atoms with Gasteiger partial charge in [-0.3, -0.25) is 4.79 Å². The first-order valence-electron chi connectivity index (χ1n) is 9.55. The van der Waals surface area contributed by atoms with Crippen LogP contribution >= 0.6 is 15.9 Å². The Morgan fingerprint density at radius 1 is 1.21 bits per heavy atom. The summed E-state index contributed by atoms with van der Waals surface area (Å²) in [5, 5.41) is 4.41. The van der Waals surface area contributed by atoms with E-state index in [1.165, 1.54) is 0 Å². The second-order valence-electron chi connectivity index (χ2n) is 7.35. The molecule has 1 aliphatic heterocycles. The van der Waals surface area contributed by atoms with Crippen LogP contribution in [0.4, 0.5) is 11.5 Å². The molecule has 28 heavy (non-hydrogen) atoms. The molecule has 0 radical (unpaired) electrons. The fraction of sp³-hybridized carbons (Fsp3) is 0.333. The van der Waals surface area contributed by atoms with Gasteiger partial charge in [0.1, 0.15) is 0 Å². The Kier molecular flexibility index (Phi) is 5.26. The van der Waals surface area contributed by atoms with Crippen molar-refractivity contribution in [2.45, 2.75) is 19.9 Å². The van der Waals surface area contributed by atoms with Crippen LogP contribution in [0, 0.1) is 0 Å². The molecule has 7 heteroatoms. The van der Waals surface area contributed by atoms with Crippen molar-refractivity contribution in [3.8, 4) is 0 Å². The number of nitrogens with zero attached hydrogens (tertiary/aromatic N) is 3. The van der Waals surface area contributed by atoms with Gasteiger partial charge in [-0.15, -0.1) is 0 Å². The minimum atomic E-state index is 0.0746. The molecule has 1 aromatic carbocycles. The second kappa shape index (κ2) is 7.83. The van der Waals surface area contributed by atoms with Gasteiger partial charge in [0, 0.05) is 60.0 Å². The highest BCUT2D eigenvalue weighted by atomic mass is 79.9. The maximum absolute atomic E-state index is 13.1. The molecule has 3 aromatic rings. The van der Waals surface area contributed by atoms with E-state index in [0.29, 0.717) is 19.1 Å². The number of hydrogen-bond acceptors (Lipinski definition) is 4. The van der Waals surface area contributed by atoms with Gasteiger partial charge in [0.2, 0.25) is 0 Å². The maximum atomic E-state index is 13.1. The Labute approximate surface area is 173 Å². The Hall–Kier alpha value is -2.54. The molecule has 146 valence electrons. The van der Waals surface area contributed by atoms with Crippen molar-refractivity contribution in [1.82, 2.24) is 14.9 Å². The molecule has 0 spiro atoms. The fourth-order valence-electron chi connectivity index (χ4n) is 3.63. The Morgan fingerprint density at radius 3 is 2.75 bits per heavy atom. The van der Waals surface area contributed by atoms with E-state index < -0.39 is 0 Å². The molecule has 6 nitrogen and oxygen atoms in total. The Balaban J connectivity index is 1.48.